The molecule has 3 heteroatoms. The van der Waals surface area contributed by atoms with Crippen LogP contribution in [0, 0.1) is 5.92 Å². The molecule has 1 saturated heterocycles. The van der Waals surface area contributed by atoms with Crippen LogP contribution in [0.1, 0.15) is 58.3 Å². The van der Waals surface area contributed by atoms with Crippen LogP contribution in [0.3, 0.4) is 0 Å². The summed E-state index contributed by atoms with van der Waals surface area (Å²) in [5, 5.41) is 0. The first-order valence-corrected chi connectivity index (χ1v) is 8.24. The minimum Gasteiger partial charge on any atom is -0.384 e. The summed E-state index contributed by atoms with van der Waals surface area (Å²) in [5.41, 5.74) is 5.99. The first-order chi connectivity index (χ1) is 9.31. The van der Waals surface area contributed by atoms with E-state index in [2.05, 4.69) is 11.8 Å². The van der Waals surface area contributed by atoms with Crippen molar-refractivity contribution in [2.24, 2.45) is 11.7 Å². The molecular formula is C16H34N2O. The molecule has 0 aromatic heterocycles. The topological polar surface area (TPSA) is 38.5 Å². The van der Waals surface area contributed by atoms with Gasteiger partial charge in [0.05, 0.1) is 6.61 Å². The summed E-state index contributed by atoms with van der Waals surface area (Å²) in [6, 6.07) is 0.598. The largest absolute Gasteiger partial charge is 0.384 e. The third kappa shape index (κ3) is 6.73. The molecule has 0 saturated carbocycles. The molecule has 0 amide bonds. The van der Waals surface area contributed by atoms with Crippen molar-refractivity contribution in [1.82, 2.24) is 4.90 Å². The maximum Gasteiger partial charge on any atom is 0.0502 e. The van der Waals surface area contributed by atoms with Gasteiger partial charge >= 0.3 is 0 Å². The van der Waals surface area contributed by atoms with Crippen LogP contribution >= 0.6 is 0 Å². The average Bonchev–Trinajstić information content (AvgIpc) is 2.43. The number of piperidine rings is 1. The van der Waals surface area contributed by atoms with Gasteiger partial charge in [0.25, 0.3) is 0 Å². The lowest BCUT2D eigenvalue weighted by molar-refractivity contribution is 0.0669. The molecular weight excluding hydrogens is 236 g/mol. The van der Waals surface area contributed by atoms with Crippen LogP contribution in [-0.2, 0) is 4.74 Å². The van der Waals surface area contributed by atoms with Gasteiger partial charge in [-0.25, -0.2) is 0 Å². The lowest BCUT2D eigenvalue weighted by atomic mass is 9.96. The van der Waals surface area contributed by atoms with E-state index < -0.39 is 0 Å². The van der Waals surface area contributed by atoms with Crippen LogP contribution < -0.4 is 5.73 Å². The highest BCUT2D eigenvalue weighted by atomic mass is 16.5. The van der Waals surface area contributed by atoms with Gasteiger partial charge in [0.2, 0.25) is 0 Å². The maximum absolute atomic E-state index is 5.99. The van der Waals surface area contributed by atoms with Gasteiger partial charge < -0.3 is 10.5 Å². The zero-order valence-electron chi connectivity index (χ0n) is 13.1. The van der Waals surface area contributed by atoms with Crippen molar-refractivity contribution >= 4 is 0 Å². The standard InChI is InChI=1S/C16H34N2O/c1-3-4-5-6-7-10-16(12-17)18-11-8-9-15(13-18)14-19-2/h15-16H,3-14,17H2,1-2H3. The van der Waals surface area contributed by atoms with Crippen molar-refractivity contribution < 1.29 is 4.74 Å². The number of nitrogens with two attached hydrogens (primary N) is 1. The fourth-order valence-corrected chi connectivity index (χ4v) is 3.23. The number of methoxy groups -OCH3 is 1. The molecule has 0 radical (unpaired) electrons. The fraction of sp³-hybridized carbons (Fsp3) is 1.00. The second kappa shape index (κ2) is 10.6. The van der Waals surface area contributed by atoms with Gasteiger partial charge in [0.1, 0.15) is 0 Å². The summed E-state index contributed by atoms with van der Waals surface area (Å²) in [5.74, 6) is 0.716. The summed E-state index contributed by atoms with van der Waals surface area (Å²) in [4.78, 5) is 2.62. The molecule has 1 heterocycles. The van der Waals surface area contributed by atoms with E-state index in [9.17, 15) is 0 Å². The third-order valence-corrected chi connectivity index (χ3v) is 4.38. The number of hydrogen-bond acceptors (Lipinski definition) is 3. The van der Waals surface area contributed by atoms with Crippen molar-refractivity contribution in [1.29, 1.82) is 0 Å². The molecule has 2 N–H and O–H groups in total. The molecule has 0 aliphatic carbocycles. The Morgan fingerprint density at radius 1 is 1.26 bits per heavy atom. The van der Waals surface area contributed by atoms with Gasteiger partial charge in [-0.2, -0.15) is 0 Å². The first-order valence-electron chi connectivity index (χ1n) is 8.24. The fourth-order valence-electron chi connectivity index (χ4n) is 3.23. The quantitative estimate of drug-likeness (QED) is 0.620. The lowest BCUT2D eigenvalue weighted by Gasteiger charge is -2.37. The van der Waals surface area contributed by atoms with E-state index >= 15 is 0 Å². The van der Waals surface area contributed by atoms with Crippen LogP contribution in [0.2, 0.25) is 0 Å². The number of likely N-dealkylation sites (tertiary alicyclic amines) is 1. The molecule has 1 rings (SSSR count). The number of nitrogens with zero attached hydrogens (tertiary/aromatic N) is 1. The number of ether oxygens (including phenoxy) is 1. The van der Waals surface area contributed by atoms with Crippen LogP contribution in [0.5, 0.6) is 0 Å². The predicted molar refractivity (Wildman–Crippen MR) is 82.4 cm³/mol. The van der Waals surface area contributed by atoms with E-state index in [-0.39, 0.29) is 0 Å². The van der Waals surface area contributed by atoms with E-state index in [1.807, 2.05) is 7.11 Å². The molecule has 3 nitrogen and oxygen atoms in total. The Balaban J connectivity index is 2.24. The summed E-state index contributed by atoms with van der Waals surface area (Å²) >= 11 is 0. The van der Waals surface area contributed by atoms with Gasteiger partial charge in [-0.3, -0.25) is 4.90 Å². The zero-order chi connectivity index (χ0) is 13.9. The van der Waals surface area contributed by atoms with E-state index in [0.717, 1.165) is 13.2 Å². The molecule has 2 unspecified atom stereocenters. The van der Waals surface area contributed by atoms with E-state index in [4.69, 9.17) is 10.5 Å². The van der Waals surface area contributed by atoms with Crippen LogP contribution in [-0.4, -0.2) is 44.3 Å². The number of unbranched alkanes of at least 4 members (excludes halogenated alkanes) is 4. The molecule has 0 spiro atoms. The van der Waals surface area contributed by atoms with Gasteiger partial charge in [0.15, 0.2) is 0 Å². The lowest BCUT2D eigenvalue weighted by Crippen LogP contribution is -2.47. The summed E-state index contributed by atoms with van der Waals surface area (Å²) < 4.78 is 5.31. The van der Waals surface area contributed by atoms with Crippen molar-refractivity contribution in [2.45, 2.75) is 64.3 Å². The Labute approximate surface area is 119 Å². The predicted octanol–water partition coefficient (Wildman–Crippen LogP) is 3.03. The van der Waals surface area contributed by atoms with Crippen LogP contribution in [0.25, 0.3) is 0 Å². The molecule has 0 bridgehead atoms. The second-order valence-electron chi connectivity index (χ2n) is 6.05. The Kier molecular flexibility index (Phi) is 9.48. The van der Waals surface area contributed by atoms with Crippen molar-refractivity contribution in [3.63, 3.8) is 0 Å². The van der Waals surface area contributed by atoms with Crippen LogP contribution in [0.4, 0.5) is 0 Å². The minimum atomic E-state index is 0.598. The summed E-state index contributed by atoms with van der Waals surface area (Å²) in [7, 11) is 1.81. The molecule has 0 aromatic rings. The van der Waals surface area contributed by atoms with Gasteiger partial charge in [-0.1, -0.05) is 39.0 Å². The monoisotopic (exact) mass is 270 g/mol. The minimum absolute atomic E-state index is 0.598. The molecule has 1 aliphatic heterocycles. The molecule has 19 heavy (non-hydrogen) atoms. The van der Waals surface area contributed by atoms with Crippen molar-refractivity contribution in [2.75, 3.05) is 33.4 Å². The van der Waals surface area contributed by atoms with Crippen molar-refractivity contribution in [3.8, 4) is 0 Å². The average molecular weight is 270 g/mol. The Morgan fingerprint density at radius 2 is 2.05 bits per heavy atom. The zero-order valence-corrected chi connectivity index (χ0v) is 13.1. The molecule has 114 valence electrons. The van der Waals surface area contributed by atoms with Gasteiger partial charge in [0, 0.05) is 26.2 Å². The molecule has 2 atom stereocenters. The van der Waals surface area contributed by atoms with Crippen LogP contribution in [0.15, 0.2) is 0 Å². The normalized spacial score (nSPS) is 22.6. The van der Waals surface area contributed by atoms with Gasteiger partial charge in [-0.15, -0.1) is 0 Å². The first kappa shape index (κ1) is 16.9. The van der Waals surface area contributed by atoms with E-state index in [0.29, 0.717) is 12.0 Å². The number of hydrogen-bond donors (Lipinski definition) is 1. The van der Waals surface area contributed by atoms with E-state index in [1.54, 1.807) is 0 Å². The number of rotatable bonds is 10. The third-order valence-electron chi connectivity index (χ3n) is 4.38. The molecule has 0 aromatic carbocycles. The Bertz CT molecular complexity index is 209. The molecule has 1 fully saturated rings. The highest BCUT2D eigenvalue weighted by Crippen LogP contribution is 2.21. The highest BCUT2D eigenvalue weighted by Gasteiger charge is 2.24. The Hall–Kier alpha value is -0.120. The molecule has 1 aliphatic rings. The smallest absolute Gasteiger partial charge is 0.0502 e. The summed E-state index contributed by atoms with van der Waals surface area (Å²) in [6.45, 7) is 6.41. The maximum atomic E-state index is 5.99. The van der Waals surface area contributed by atoms with Crippen molar-refractivity contribution in [3.05, 3.63) is 0 Å². The van der Waals surface area contributed by atoms with E-state index in [1.165, 1.54) is 64.5 Å². The second-order valence-corrected chi connectivity index (χ2v) is 6.05. The highest BCUT2D eigenvalue weighted by molar-refractivity contribution is 4.79. The SMILES string of the molecule is CCCCCCCC(CN)N1CCCC(COC)C1. The van der Waals surface area contributed by atoms with Gasteiger partial charge in [-0.05, 0) is 31.7 Å². The summed E-state index contributed by atoms with van der Waals surface area (Å²) in [6.07, 6.45) is 10.7. The Morgan fingerprint density at radius 3 is 2.74 bits per heavy atom.